The average Bonchev–Trinajstić information content (AvgIpc) is 3.51. The second-order valence-corrected chi connectivity index (χ2v) is 9.96. The van der Waals surface area contributed by atoms with E-state index in [9.17, 15) is 9.59 Å². The molecule has 0 unspecified atom stereocenters. The Morgan fingerprint density at radius 3 is 2.73 bits per heavy atom. The molecule has 37 heavy (non-hydrogen) atoms. The first kappa shape index (κ1) is 23.1. The van der Waals surface area contributed by atoms with E-state index in [1.807, 2.05) is 40.6 Å². The second kappa shape index (κ2) is 9.29. The molecule has 1 aliphatic heterocycles. The number of nitrogens with zero attached hydrogens (tertiary/aromatic N) is 3. The van der Waals surface area contributed by atoms with Crippen LogP contribution in [-0.2, 0) is 17.8 Å². The Kier molecular flexibility index (Phi) is 5.81. The molecule has 6 rings (SSSR count). The fourth-order valence-electron chi connectivity index (χ4n) is 4.85. The molecular formula is C29H24N4O3S. The van der Waals surface area contributed by atoms with Crippen molar-refractivity contribution in [1.82, 2.24) is 9.97 Å². The van der Waals surface area contributed by atoms with Crippen LogP contribution in [0.25, 0.3) is 22.0 Å². The first-order chi connectivity index (χ1) is 18.0. The van der Waals surface area contributed by atoms with Crippen LogP contribution in [-0.4, -0.2) is 21.8 Å². The highest BCUT2D eigenvalue weighted by Crippen LogP contribution is 2.35. The van der Waals surface area contributed by atoms with Crippen LogP contribution >= 0.6 is 11.3 Å². The summed E-state index contributed by atoms with van der Waals surface area (Å²) in [4.78, 5) is 36.2. The first-order valence-corrected chi connectivity index (χ1v) is 13.0. The number of rotatable bonds is 5. The van der Waals surface area contributed by atoms with Crippen LogP contribution in [0.1, 0.15) is 39.7 Å². The van der Waals surface area contributed by atoms with Crippen LogP contribution in [0.15, 0.2) is 70.5 Å². The van der Waals surface area contributed by atoms with Gasteiger partial charge in [-0.25, -0.2) is 9.97 Å². The fraction of sp³-hybridized carbons (Fsp3) is 0.172. The Morgan fingerprint density at radius 1 is 1.05 bits per heavy atom. The lowest BCUT2D eigenvalue weighted by Crippen LogP contribution is -2.34. The minimum Gasteiger partial charge on any atom is -0.436 e. The summed E-state index contributed by atoms with van der Waals surface area (Å²) in [5, 5.41) is 7.53. The van der Waals surface area contributed by atoms with Gasteiger partial charge in [-0.3, -0.25) is 14.9 Å². The van der Waals surface area contributed by atoms with Gasteiger partial charge >= 0.3 is 0 Å². The molecule has 7 nitrogen and oxygen atoms in total. The van der Waals surface area contributed by atoms with Gasteiger partial charge in [0.05, 0.1) is 17.9 Å². The normalized spacial score (nSPS) is 13.1. The zero-order valence-corrected chi connectivity index (χ0v) is 21.3. The first-order valence-electron chi connectivity index (χ1n) is 12.1. The second-order valence-electron chi connectivity index (χ2n) is 9.10. The summed E-state index contributed by atoms with van der Waals surface area (Å²) >= 11 is 1.35. The Balaban J connectivity index is 1.25. The molecule has 2 aromatic heterocycles. The molecule has 0 saturated heterocycles. The van der Waals surface area contributed by atoms with Gasteiger partial charge in [0.1, 0.15) is 0 Å². The van der Waals surface area contributed by atoms with E-state index in [0.717, 1.165) is 33.5 Å². The maximum Gasteiger partial charge on any atom is 0.295 e. The molecule has 1 N–H and O–H groups in total. The Bertz CT molecular complexity index is 1660. The number of amides is 2. The predicted molar refractivity (Wildman–Crippen MR) is 145 cm³/mol. The maximum atomic E-state index is 13.0. The highest BCUT2D eigenvalue weighted by atomic mass is 32.1. The molecule has 0 radical (unpaired) electrons. The number of aromatic nitrogens is 2. The van der Waals surface area contributed by atoms with Crippen molar-refractivity contribution in [3.63, 3.8) is 0 Å². The molecule has 2 amide bonds. The molecule has 0 fully saturated rings. The Morgan fingerprint density at radius 2 is 1.89 bits per heavy atom. The number of oxazole rings is 1. The largest absolute Gasteiger partial charge is 0.436 e. The predicted octanol–water partition coefficient (Wildman–Crippen LogP) is 6.30. The quantitative estimate of drug-likeness (QED) is 0.301. The van der Waals surface area contributed by atoms with Gasteiger partial charge in [-0.05, 0) is 47.4 Å². The number of nitrogens with one attached hydrogen (secondary N) is 1. The van der Waals surface area contributed by atoms with Gasteiger partial charge < -0.3 is 9.32 Å². The summed E-state index contributed by atoms with van der Waals surface area (Å²) in [6.45, 7) is 3.97. The summed E-state index contributed by atoms with van der Waals surface area (Å²) in [6, 6.07) is 20.6. The zero-order valence-electron chi connectivity index (χ0n) is 20.4. The third kappa shape index (κ3) is 4.40. The van der Waals surface area contributed by atoms with Crippen molar-refractivity contribution >= 4 is 44.7 Å². The summed E-state index contributed by atoms with van der Waals surface area (Å²) in [5.74, 6) is 0.403. The van der Waals surface area contributed by atoms with Crippen LogP contribution in [0.2, 0.25) is 0 Å². The number of hydrogen-bond donors (Lipinski definition) is 1. The Labute approximate surface area is 217 Å². The van der Waals surface area contributed by atoms with Crippen LogP contribution < -0.4 is 10.2 Å². The van der Waals surface area contributed by atoms with Crippen molar-refractivity contribution in [2.75, 3.05) is 10.2 Å². The van der Waals surface area contributed by atoms with Crippen molar-refractivity contribution in [1.29, 1.82) is 0 Å². The molecule has 0 spiro atoms. The minimum atomic E-state index is -0.368. The molecule has 3 aromatic carbocycles. The molecule has 3 heterocycles. The number of hydrogen-bond acceptors (Lipinski definition) is 6. The lowest BCUT2D eigenvalue weighted by molar-refractivity contribution is -0.119. The number of anilines is 2. The van der Waals surface area contributed by atoms with Gasteiger partial charge in [-0.1, -0.05) is 48.5 Å². The van der Waals surface area contributed by atoms with Crippen LogP contribution in [0.5, 0.6) is 0 Å². The van der Waals surface area contributed by atoms with Crippen molar-refractivity contribution in [3.05, 3.63) is 94.5 Å². The monoisotopic (exact) mass is 508 g/mol. The van der Waals surface area contributed by atoms with E-state index in [1.54, 1.807) is 13.8 Å². The molecular weight excluding hydrogens is 484 g/mol. The van der Waals surface area contributed by atoms with Crippen LogP contribution in [0, 0.1) is 13.8 Å². The highest BCUT2D eigenvalue weighted by Gasteiger charge is 2.25. The SMILES string of the molecule is Cc1nc(C)c(C(=O)Nc2nc(-c3ccc4c(c3)CCC(=O)N4Cc3cccc4ccccc34)cs2)o1. The standard InChI is InChI=1S/C29H24N4O3S/c1-17-27(36-18(2)30-17)28(35)32-29-31-24(16-37-29)20-10-12-25-21(14-20)11-13-26(34)33(25)15-22-8-5-7-19-6-3-4-9-23(19)22/h3-10,12,14,16H,11,13,15H2,1-2H3,(H,31,32,35). The fourth-order valence-corrected chi connectivity index (χ4v) is 5.57. The number of thiazole rings is 1. The van der Waals surface area contributed by atoms with E-state index in [1.165, 1.54) is 16.7 Å². The molecule has 0 aliphatic carbocycles. The maximum absolute atomic E-state index is 13.0. The molecule has 0 bridgehead atoms. The Hall–Kier alpha value is -4.30. The third-order valence-corrected chi connectivity index (χ3v) is 7.38. The summed E-state index contributed by atoms with van der Waals surface area (Å²) in [6.07, 6.45) is 1.15. The highest BCUT2D eigenvalue weighted by molar-refractivity contribution is 7.14. The minimum absolute atomic E-state index is 0.129. The average molecular weight is 509 g/mol. The van der Waals surface area contributed by atoms with Crippen LogP contribution in [0.4, 0.5) is 10.8 Å². The van der Waals surface area contributed by atoms with E-state index in [-0.39, 0.29) is 17.6 Å². The molecule has 1 aliphatic rings. The van der Waals surface area contributed by atoms with Crippen molar-refractivity contribution in [2.24, 2.45) is 0 Å². The smallest absolute Gasteiger partial charge is 0.295 e. The lowest BCUT2D eigenvalue weighted by atomic mass is 9.96. The molecule has 0 saturated carbocycles. The van der Waals surface area contributed by atoms with Gasteiger partial charge in [-0.15, -0.1) is 11.3 Å². The van der Waals surface area contributed by atoms with E-state index in [2.05, 4.69) is 45.6 Å². The molecule has 8 heteroatoms. The molecule has 5 aromatic rings. The summed E-state index contributed by atoms with van der Waals surface area (Å²) in [7, 11) is 0. The van der Waals surface area contributed by atoms with Gasteiger partial charge in [0.2, 0.25) is 11.7 Å². The van der Waals surface area contributed by atoms with Crippen molar-refractivity contribution in [2.45, 2.75) is 33.2 Å². The van der Waals surface area contributed by atoms with Gasteiger partial charge in [0.15, 0.2) is 11.0 Å². The van der Waals surface area contributed by atoms with Gasteiger partial charge in [0, 0.05) is 30.0 Å². The van der Waals surface area contributed by atoms with Crippen molar-refractivity contribution < 1.29 is 14.0 Å². The summed E-state index contributed by atoms with van der Waals surface area (Å²) in [5.41, 5.74) is 5.44. The summed E-state index contributed by atoms with van der Waals surface area (Å²) < 4.78 is 5.41. The van der Waals surface area contributed by atoms with E-state index < -0.39 is 0 Å². The van der Waals surface area contributed by atoms with E-state index >= 15 is 0 Å². The lowest BCUT2D eigenvalue weighted by Gasteiger charge is -2.30. The molecule has 184 valence electrons. The third-order valence-electron chi connectivity index (χ3n) is 6.62. The van der Waals surface area contributed by atoms with E-state index in [4.69, 9.17) is 4.42 Å². The van der Waals surface area contributed by atoms with Gasteiger partial charge in [-0.2, -0.15) is 0 Å². The number of carbonyl (C=O) groups excluding carboxylic acids is 2. The van der Waals surface area contributed by atoms with Crippen LogP contribution in [0.3, 0.4) is 0 Å². The zero-order chi connectivity index (χ0) is 25.5. The number of benzene rings is 3. The van der Waals surface area contributed by atoms with Crippen molar-refractivity contribution in [3.8, 4) is 11.3 Å². The number of aryl methyl sites for hydroxylation is 3. The van der Waals surface area contributed by atoms with Gasteiger partial charge in [0.25, 0.3) is 5.91 Å². The number of carbonyl (C=O) groups is 2. The number of fused-ring (bicyclic) bond motifs is 2. The van der Waals surface area contributed by atoms with E-state index in [0.29, 0.717) is 36.1 Å². The molecule has 0 atom stereocenters. The topological polar surface area (TPSA) is 88.3 Å².